The van der Waals surface area contributed by atoms with Crippen molar-refractivity contribution < 1.29 is 9.83 Å². The topological polar surface area (TPSA) is 34.4 Å². The number of hydrogen-bond donors (Lipinski definition) is 0. The van der Waals surface area contributed by atoms with Crippen LogP contribution in [0.25, 0.3) is 0 Å². The van der Waals surface area contributed by atoms with Gasteiger partial charge >= 0.3 is 5.78 Å². The lowest BCUT2D eigenvalue weighted by atomic mass is 9.92. The largest absolute Gasteiger partial charge is 0.462 e. The Morgan fingerprint density at radius 1 is 1.06 bits per heavy atom. The van der Waals surface area contributed by atoms with Gasteiger partial charge in [-0.15, -0.1) is 0 Å². The van der Waals surface area contributed by atoms with Gasteiger partial charge in [0.15, 0.2) is 0 Å². The van der Waals surface area contributed by atoms with Crippen LogP contribution in [0.5, 0.6) is 0 Å². The average Bonchev–Trinajstić information content (AvgIpc) is 2.91. The Morgan fingerprint density at radius 3 is 2.12 bits per heavy atom. The first-order valence-electron chi connectivity index (χ1n) is 6.11. The lowest BCUT2D eigenvalue weighted by molar-refractivity contribution is -0.937. The molecule has 0 aromatic heterocycles. The smallest absolute Gasteiger partial charge is 0.357 e. The van der Waals surface area contributed by atoms with Gasteiger partial charge in [-0.3, -0.25) is 0 Å². The van der Waals surface area contributed by atoms with Crippen LogP contribution in [0, 0.1) is 0 Å². The third kappa shape index (κ3) is 1.29. The highest BCUT2D eigenvalue weighted by atomic mass is 17.1. The highest BCUT2D eigenvalue weighted by Gasteiger charge is 2.28. The van der Waals surface area contributed by atoms with Crippen molar-refractivity contribution in [1.29, 1.82) is 0 Å². The molecule has 0 radical (unpaired) electrons. The number of carbonyl (C=O) groups excluding carboxylic acids is 1. The standard InChI is InChI=1S/C14H16O2/c1-9(16-15)14-12-6-2-4-10(12)8-11-5-3-7-13(11)14/h8H,2-7H2,1H3. The number of ketones is 1. The summed E-state index contributed by atoms with van der Waals surface area (Å²) in [5, 5.41) is 10.7. The van der Waals surface area contributed by atoms with Crippen LogP contribution >= 0.6 is 0 Å². The summed E-state index contributed by atoms with van der Waals surface area (Å²) < 4.78 is 4.25. The molecular weight excluding hydrogens is 200 g/mol. The highest BCUT2D eigenvalue weighted by molar-refractivity contribution is 5.98. The van der Waals surface area contributed by atoms with Crippen LogP contribution in [-0.2, 0) is 25.7 Å². The summed E-state index contributed by atoms with van der Waals surface area (Å²) in [6, 6.07) is 2.37. The van der Waals surface area contributed by atoms with Crippen molar-refractivity contribution in [2.45, 2.75) is 45.4 Å². The first-order chi connectivity index (χ1) is 7.81. The van der Waals surface area contributed by atoms with Gasteiger partial charge in [-0.2, -0.15) is 4.58 Å². The molecule has 0 spiro atoms. The molecule has 2 aliphatic rings. The molecule has 0 saturated carbocycles. The van der Waals surface area contributed by atoms with Crippen LogP contribution in [0.4, 0.5) is 0 Å². The lowest BCUT2D eigenvalue weighted by Crippen LogP contribution is -2.10. The minimum absolute atomic E-state index is 0.567. The summed E-state index contributed by atoms with van der Waals surface area (Å²) in [6.45, 7) is 1.81. The van der Waals surface area contributed by atoms with E-state index in [1.54, 1.807) is 6.92 Å². The van der Waals surface area contributed by atoms with Gasteiger partial charge in [0.1, 0.15) is 0 Å². The second-order valence-electron chi connectivity index (χ2n) is 4.87. The molecule has 0 fully saturated rings. The van der Waals surface area contributed by atoms with Gasteiger partial charge in [0.05, 0.1) is 12.5 Å². The molecule has 0 atom stereocenters. The van der Waals surface area contributed by atoms with Crippen molar-refractivity contribution in [1.82, 2.24) is 0 Å². The summed E-state index contributed by atoms with van der Waals surface area (Å²) >= 11 is 0. The summed E-state index contributed by atoms with van der Waals surface area (Å²) in [6.07, 6.45) is 7.00. The molecule has 0 unspecified atom stereocenters. The van der Waals surface area contributed by atoms with Crippen molar-refractivity contribution in [2.24, 2.45) is 0 Å². The van der Waals surface area contributed by atoms with Gasteiger partial charge in [-0.1, -0.05) is 6.07 Å². The predicted octanol–water partition coefficient (Wildman–Crippen LogP) is 1.68. The maximum atomic E-state index is 10.7. The van der Waals surface area contributed by atoms with Crippen LogP contribution in [0.2, 0.25) is 0 Å². The Hall–Kier alpha value is -1.31. The maximum absolute atomic E-state index is 10.7. The minimum Gasteiger partial charge on any atom is -0.462 e. The Kier molecular flexibility index (Phi) is 2.23. The monoisotopic (exact) mass is 216 g/mol. The van der Waals surface area contributed by atoms with Crippen LogP contribution in [-0.4, -0.2) is 5.78 Å². The second kappa shape index (κ2) is 3.62. The Balaban J connectivity index is 2.28. The molecule has 0 saturated heterocycles. The highest BCUT2D eigenvalue weighted by Crippen LogP contribution is 2.35. The number of aryl methyl sites for hydroxylation is 2. The Bertz CT molecular complexity index is 440. The van der Waals surface area contributed by atoms with Gasteiger partial charge in [-0.05, 0) is 60.8 Å². The van der Waals surface area contributed by atoms with Crippen molar-refractivity contribution >= 4 is 5.78 Å². The zero-order valence-electron chi connectivity index (χ0n) is 9.64. The van der Waals surface area contributed by atoms with E-state index in [-0.39, 0.29) is 0 Å². The quantitative estimate of drug-likeness (QED) is 0.304. The zero-order chi connectivity index (χ0) is 11.1. The fraction of sp³-hybridized carbons (Fsp3) is 0.500. The van der Waals surface area contributed by atoms with E-state index < -0.39 is 0 Å². The molecule has 2 heteroatoms. The molecule has 1 aromatic carbocycles. The molecule has 0 heterocycles. The molecule has 16 heavy (non-hydrogen) atoms. The van der Waals surface area contributed by atoms with E-state index in [1.165, 1.54) is 47.9 Å². The summed E-state index contributed by atoms with van der Waals surface area (Å²) in [5.74, 6) is 0.567. The van der Waals surface area contributed by atoms with Crippen LogP contribution in [0.15, 0.2) is 6.07 Å². The molecule has 2 nitrogen and oxygen atoms in total. The van der Waals surface area contributed by atoms with E-state index >= 15 is 0 Å². The minimum atomic E-state index is 0.567. The average molecular weight is 216 g/mol. The lowest BCUT2D eigenvalue weighted by Gasteiger charge is -2.10. The number of benzene rings is 1. The molecule has 0 aliphatic heterocycles. The van der Waals surface area contributed by atoms with E-state index in [4.69, 9.17) is 0 Å². The summed E-state index contributed by atoms with van der Waals surface area (Å²) in [4.78, 5) is 0. The zero-order valence-corrected chi connectivity index (χ0v) is 9.64. The fourth-order valence-corrected chi connectivity index (χ4v) is 3.28. The Labute approximate surface area is 95.5 Å². The van der Waals surface area contributed by atoms with E-state index in [0.29, 0.717) is 5.78 Å². The Morgan fingerprint density at radius 2 is 1.62 bits per heavy atom. The molecule has 84 valence electrons. The van der Waals surface area contributed by atoms with E-state index in [0.717, 1.165) is 18.4 Å². The van der Waals surface area contributed by atoms with Crippen molar-refractivity contribution in [2.75, 3.05) is 0 Å². The van der Waals surface area contributed by atoms with Crippen molar-refractivity contribution in [3.05, 3.63) is 33.9 Å². The number of fused-ring (bicyclic) bond motifs is 2. The third-order valence-electron chi connectivity index (χ3n) is 3.95. The predicted molar refractivity (Wildman–Crippen MR) is 60.5 cm³/mol. The van der Waals surface area contributed by atoms with Gasteiger partial charge in [0.2, 0.25) is 0 Å². The van der Waals surface area contributed by atoms with Gasteiger partial charge in [0, 0.05) is 0 Å². The first kappa shape index (κ1) is 9.88. The molecule has 0 bridgehead atoms. The molecule has 0 amide bonds. The van der Waals surface area contributed by atoms with E-state index in [1.807, 2.05) is 0 Å². The van der Waals surface area contributed by atoms with Crippen LogP contribution < -0.4 is 5.26 Å². The molecular formula is C14H16O2. The van der Waals surface area contributed by atoms with Crippen LogP contribution in [0.3, 0.4) is 0 Å². The SMILES string of the molecule is CC(=[O+][O-])c1c2c(cc3c1CCC3)CCC2. The third-order valence-corrected chi connectivity index (χ3v) is 3.95. The summed E-state index contributed by atoms with van der Waals surface area (Å²) in [7, 11) is 0. The number of rotatable bonds is 1. The van der Waals surface area contributed by atoms with E-state index in [2.05, 4.69) is 10.6 Å². The molecule has 3 rings (SSSR count). The van der Waals surface area contributed by atoms with Crippen molar-refractivity contribution in [3.8, 4) is 0 Å². The molecule has 2 aliphatic carbocycles. The van der Waals surface area contributed by atoms with Gasteiger partial charge in [-0.25, -0.2) is 0 Å². The van der Waals surface area contributed by atoms with Crippen molar-refractivity contribution in [3.63, 3.8) is 0 Å². The maximum Gasteiger partial charge on any atom is 0.357 e. The van der Waals surface area contributed by atoms with E-state index in [9.17, 15) is 5.26 Å². The fourth-order valence-electron chi connectivity index (χ4n) is 3.28. The second-order valence-corrected chi connectivity index (χ2v) is 4.87. The van der Waals surface area contributed by atoms with Crippen LogP contribution in [0.1, 0.15) is 52.2 Å². The molecule has 0 N–H and O–H groups in total. The summed E-state index contributed by atoms with van der Waals surface area (Å²) in [5.41, 5.74) is 6.82. The normalized spacial score (nSPS) is 18.7. The molecule has 1 aromatic rings. The van der Waals surface area contributed by atoms with Gasteiger partial charge < -0.3 is 5.26 Å². The van der Waals surface area contributed by atoms with Gasteiger partial charge in [0.25, 0.3) is 0 Å². The number of hydrogen-bond acceptors (Lipinski definition) is 1. The first-order valence-corrected chi connectivity index (χ1v) is 6.11.